The number of hydrogen-bond acceptors (Lipinski definition) is 2. The molecule has 3 rings (SSSR count). The second kappa shape index (κ2) is 7.42. The molecule has 0 spiro atoms. The molecule has 1 aromatic carbocycles. The first-order valence-corrected chi connectivity index (χ1v) is 8.86. The van der Waals surface area contributed by atoms with Gasteiger partial charge in [-0.3, -0.25) is 4.90 Å². The topological polar surface area (TPSA) is 15.3 Å². The van der Waals surface area contributed by atoms with Gasteiger partial charge in [-0.1, -0.05) is 44.0 Å². The van der Waals surface area contributed by atoms with Crippen molar-refractivity contribution in [2.75, 3.05) is 19.6 Å². The molecule has 2 aliphatic rings. The molecular formula is C19H30N2. The number of likely N-dealkylation sites (tertiary alicyclic amines) is 1. The fourth-order valence-electron chi connectivity index (χ4n) is 3.25. The molecule has 1 aromatic rings. The first-order chi connectivity index (χ1) is 10.3. The lowest BCUT2D eigenvalue weighted by Crippen LogP contribution is -2.24. The molecule has 0 aromatic heterocycles. The van der Waals surface area contributed by atoms with Crippen molar-refractivity contribution in [3.05, 3.63) is 35.4 Å². The van der Waals surface area contributed by atoms with Gasteiger partial charge in [0.1, 0.15) is 0 Å². The van der Waals surface area contributed by atoms with Crippen LogP contribution in [0.15, 0.2) is 24.3 Å². The Morgan fingerprint density at radius 3 is 2.33 bits per heavy atom. The van der Waals surface area contributed by atoms with E-state index in [-0.39, 0.29) is 0 Å². The fraction of sp³-hybridized carbons (Fsp3) is 0.684. The minimum absolute atomic E-state index is 0.623. The first-order valence-electron chi connectivity index (χ1n) is 8.86. The molecular weight excluding hydrogens is 256 g/mol. The van der Waals surface area contributed by atoms with E-state index in [1.54, 1.807) is 0 Å². The van der Waals surface area contributed by atoms with Crippen LogP contribution in [0.5, 0.6) is 0 Å². The van der Waals surface area contributed by atoms with Gasteiger partial charge in [-0.2, -0.15) is 0 Å². The highest BCUT2D eigenvalue weighted by atomic mass is 15.1. The van der Waals surface area contributed by atoms with Crippen LogP contribution in [0.1, 0.15) is 62.5 Å². The molecule has 0 radical (unpaired) electrons. The Kier molecular flexibility index (Phi) is 5.32. The van der Waals surface area contributed by atoms with E-state index in [4.69, 9.17) is 0 Å². The quantitative estimate of drug-likeness (QED) is 0.852. The number of rotatable bonds is 6. The molecule has 0 amide bonds. The highest BCUT2D eigenvalue weighted by Crippen LogP contribution is 2.22. The summed E-state index contributed by atoms with van der Waals surface area (Å²) in [5, 5.41) is 3.63. The first kappa shape index (κ1) is 15.1. The van der Waals surface area contributed by atoms with E-state index in [1.807, 2.05) is 0 Å². The molecule has 0 bridgehead atoms. The van der Waals surface area contributed by atoms with Crippen LogP contribution in [0.4, 0.5) is 0 Å². The molecule has 1 aliphatic heterocycles. The molecule has 1 aliphatic carbocycles. The summed E-state index contributed by atoms with van der Waals surface area (Å²) >= 11 is 0. The average Bonchev–Trinajstić information content (AvgIpc) is 3.33. The zero-order valence-corrected chi connectivity index (χ0v) is 13.5. The summed E-state index contributed by atoms with van der Waals surface area (Å²) in [6, 6.07) is 10.2. The maximum absolute atomic E-state index is 3.63. The van der Waals surface area contributed by atoms with E-state index in [0.29, 0.717) is 5.92 Å². The Morgan fingerprint density at radius 2 is 1.71 bits per heavy atom. The van der Waals surface area contributed by atoms with E-state index in [2.05, 4.69) is 41.4 Å². The van der Waals surface area contributed by atoms with Gasteiger partial charge in [0.25, 0.3) is 0 Å². The van der Waals surface area contributed by atoms with Gasteiger partial charge in [0.05, 0.1) is 0 Å². The van der Waals surface area contributed by atoms with Crippen molar-refractivity contribution < 1.29 is 0 Å². The Balaban J connectivity index is 1.50. The molecule has 2 nitrogen and oxygen atoms in total. The van der Waals surface area contributed by atoms with E-state index in [9.17, 15) is 0 Å². The van der Waals surface area contributed by atoms with Crippen LogP contribution in [0, 0.1) is 0 Å². The molecule has 21 heavy (non-hydrogen) atoms. The molecule has 2 heteroatoms. The average molecular weight is 286 g/mol. The van der Waals surface area contributed by atoms with Gasteiger partial charge in [-0.15, -0.1) is 0 Å². The van der Waals surface area contributed by atoms with Crippen LogP contribution < -0.4 is 5.32 Å². The van der Waals surface area contributed by atoms with Crippen LogP contribution in [0.3, 0.4) is 0 Å². The lowest BCUT2D eigenvalue weighted by atomic mass is 9.99. The molecule has 1 atom stereocenters. The summed E-state index contributed by atoms with van der Waals surface area (Å²) in [7, 11) is 0. The minimum atomic E-state index is 0.623. The Morgan fingerprint density at radius 1 is 1.05 bits per heavy atom. The molecule has 1 heterocycles. The zero-order valence-electron chi connectivity index (χ0n) is 13.5. The van der Waals surface area contributed by atoms with E-state index in [0.717, 1.165) is 19.1 Å². The molecule has 1 unspecified atom stereocenters. The second-order valence-electron chi connectivity index (χ2n) is 7.02. The predicted octanol–water partition coefficient (Wildman–Crippen LogP) is 3.92. The van der Waals surface area contributed by atoms with Gasteiger partial charge in [-0.25, -0.2) is 0 Å². The summed E-state index contributed by atoms with van der Waals surface area (Å²) in [6.45, 7) is 7.15. The van der Waals surface area contributed by atoms with Gasteiger partial charge >= 0.3 is 0 Å². The highest BCUT2D eigenvalue weighted by molar-refractivity contribution is 5.25. The zero-order chi connectivity index (χ0) is 14.5. The van der Waals surface area contributed by atoms with Crippen molar-refractivity contribution in [3.8, 4) is 0 Å². The molecule has 1 saturated carbocycles. The third-order valence-corrected chi connectivity index (χ3v) is 4.94. The van der Waals surface area contributed by atoms with Crippen molar-refractivity contribution in [1.29, 1.82) is 0 Å². The van der Waals surface area contributed by atoms with Crippen LogP contribution in [-0.4, -0.2) is 30.6 Å². The number of hydrogen-bond donors (Lipinski definition) is 1. The van der Waals surface area contributed by atoms with E-state index >= 15 is 0 Å². The third kappa shape index (κ3) is 4.82. The summed E-state index contributed by atoms with van der Waals surface area (Å²) < 4.78 is 0. The third-order valence-electron chi connectivity index (χ3n) is 4.94. The van der Waals surface area contributed by atoms with E-state index < -0.39 is 0 Å². The van der Waals surface area contributed by atoms with Gasteiger partial charge in [0, 0.05) is 19.1 Å². The van der Waals surface area contributed by atoms with Crippen LogP contribution >= 0.6 is 0 Å². The lowest BCUT2D eigenvalue weighted by molar-refractivity contribution is 0.277. The number of nitrogens with zero attached hydrogens (tertiary/aromatic N) is 1. The van der Waals surface area contributed by atoms with Crippen molar-refractivity contribution in [2.24, 2.45) is 0 Å². The Labute approximate surface area is 129 Å². The molecule has 1 saturated heterocycles. The lowest BCUT2D eigenvalue weighted by Gasteiger charge is -2.20. The van der Waals surface area contributed by atoms with Gasteiger partial charge < -0.3 is 5.32 Å². The minimum Gasteiger partial charge on any atom is -0.313 e. The van der Waals surface area contributed by atoms with Crippen LogP contribution in [0.25, 0.3) is 0 Å². The smallest absolute Gasteiger partial charge is 0.0233 e. The normalized spacial score (nSPS) is 22.0. The summed E-state index contributed by atoms with van der Waals surface area (Å²) in [4.78, 5) is 2.63. The van der Waals surface area contributed by atoms with Gasteiger partial charge in [0.2, 0.25) is 0 Å². The standard InChI is InChI=1S/C19H30N2/c1-16(14-20-19-10-11-19)18-8-6-17(7-9-18)15-21-12-4-2-3-5-13-21/h6-9,16,19-20H,2-5,10-15H2,1H3. The largest absolute Gasteiger partial charge is 0.313 e. The van der Waals surface area contributed by atoms with Crippen LogP contribution in [-0.2, 0) is 6.54 Å². The molecule has 1 N–H and O–H groups in total. The maximum atomic E-state index is 3.63. The van der Waals surface area contributed by atoms with Crippen molar-refractivity contribution >= 4 is 0 Å². The summed E-state index contributed by atoms with van der Waals surface area (Å²) in [5.74, 6) is 0.623. The molecule has 116 valence electrons. The summed E-state index contributed by atoms with van der Waals surface area (Å²) in [6.07, 6.45) is 8.34. The fourth-order valence-corrected chi connectivity index (χ4v) is 3.25. The van der Waals surface area contributed by atoms with Gasteiger partial charge in [0.15, 0.2) is 0 Å². The Hall–Kier alpha value is -0.860. The number of benzene rings is 1. The van der Waals surface area contributed by atoms with Crippen LogP contribution in [0.2, 0.25) is 0 Å². The van der Waals surface area contributed by atoms with E-state index in [1.165, 1.54) is 62.7 Å². The number of nitrogens with one attached hydrogen (secondary N) is 1. The Bertz CT molecular complexity index is 414. The highest BCUT2D eigenvalue weighted by Gasteiger charge is 2.21. The van der Waals surface area contributed by atoms with Gasteiger partial charge in [-0.05, 0) is 55.8 Å². The van der Waals surface area contributed by atoms with Crippen molar-refractivity contribution in [3.63, 3.8) is 0 Å². The SMILES string of the molecule is CC(CNC1CC1)c1ccc(CN2CCCCCC2)cc1. The van der Waals surface area contributed by atoms with Crippen molar-refractivity contribution in [2.45, 2.75) is 64.0 Å². The summed E-state index contributed by atoms with van der Waals surface area (Å²) in [5.41, 5.74) is 2.95. The second-order valence-corrected chi connectivity index (χ2v) is 7.02. The maximum Gasteiger partial charge on any atom is 0.0233 e. The monoisotopic (exact) mass is 286 g/mol. The molecule has 2 fully saturated rings. The van der Waals surface area contributed by atoms with Crippen molar-refractivity contribution in [1.82, 2.24) is 10.2 Å². The predicted molar refractivity (Wildman–Crippen MR) is 89.6 cm³/mol.